The minimum Gasteiger partial charge on any atom is -0.465 e. The summed E-state index contributed by atoms with van der Waals surface area (Å²) in [5.41, 5.74) is 1.87. The van der Waals surface area contributed by atoms with Crippen molar-refractivity contribution in [1.82, 2.24) is 15.3 Å². The molecule has 0 aliphatic carbocycles. The van der Waals surface area contributed by atoms with Gasteiger partial charge in [-0.05, 0) is 26.8 Å². The second-order valence-electron chi connectivity index (χ2n) is 4.87. The third-order valence-electron chi connectivity index (χ3n) is 2.45. The van der Waals surface area contributed by atoms with E-state index in [9.17, 15) is 4.79 Å². The fraction of sp³-hybridized carbons (Fsp3) is 0.643. The molecule has 6 heteroatoms. The molecule has 0 fully saturated rings. The molecule has 1 aromatic rings. The molecule has 1 N–H and O–H groups in total. The molecule has 0 spiro atoms. The maximum atomic E-state index is 11.9. The van der Waals surface area contributed by atoms with Gasteiger partial charge in [-0.3, -0.25) is 4.79 Å². The number of aromatic nitrogens is 2. The van der Waals surface area contributed by atoms with Crippen molar-refractivity contribution in [3.8, 4) is 0 Å². The summed E-state index contributed by atoms with van der Waals surface area (Å²) >= 11 is 1.47. The first-order valence-electron chi connectivity index (χ1n) is 6.80. The lowest BCUT2D eigenvalue weighted by Crippen LogP contribution is -2.43. The molecule has 0 aromatic carbocycles. The van der Waals surface area contributed by atoms with Gasteiger partial charge in [0.05, 0.1) is 6.61 Å². The minimum absolute atomic E-state index is 0.213. The average Bonchev–Trinajstić information content (AvgIpc) is 2.33. The standard InChI is InChI=1S/C14H23N3O2S/c1-6-19-13(18)12(15-9(2)3)8-20-14-16-10(4)7-11(5)17-14/h7,9,12,15H,6,8H2,1-5H3. The van der Waals surface area contributed by atoms with Crippen molar-refractivity contribution < 1.29 is 9.53 Å². The van der Waals surface area contributed by atoms with E-state index in [2.05, 4.69) is 15.3 Å². The highest BCUT2D eigenvalue weighted by atomic mass is 32.2. The molecule has 1 atom stereocenters. The van der Waals surface area contributed by atoms with E-state index in [-0.39, 0.29) is 18.1 Å². The number of hydrogen-bond acceptors (Lipinski definition) is 6. The van der Waals surface area contributed by atoms with Gasteiger partial charge in [-0.15, -0.1) is 0 Å². The van der Waals surface area contributed by atoms with Crippen molar-refractivity contribution in [2.24, 2.45) is 0 Å². The summed E-state index contributed by atoms with van der Waals surface area (Å²) in [5, 5.41) is 3.91. The third-order valence-corrected chi connectivity index (χ3v) is 3.39. The van der Waals surface area contributed by atoms with Gasteiger partial charge in [0.1, 0.15) is 6.04 Å². The summed E-state index contributed by atoms with van der Waals surface area (Å²) < 4.78 is 5.09. The minimum atomic E-state index is -0.343. The second kappa shape index (κ2) is 8.21. The Balaban J connectivity index is 2.67. The zero-order valence-corrected chi connectivity index (χ0v) is 13.6. The Morgan fingerprint density at radius 2 is 1.95 bits per heavy atom. The monoisotopic (exact) mass is 297 g/mol. The number of carbonyl (C=O) groups is 1. The van der Waals surface area contributed by atoms with Crippen LogP contribution in [0.2, 0.25) is 0 Å². The fourth-order valence-electron chi connectivity index (χ4n) is 1.75. The topological polar surface area (TPSA) is 64.1 Å². The van der Waals surface area contributed by atoms with Crippen LogP contribution < -0.4 is 5.32 Å². The number of nitrogens with zero attached hydrogens (tertiary/aromatic N) is 2. The lowest BCUT2D eigenvalue weighted by molar-refractivity contribution is -0.145. The molecule has 112 valence electrons. The zero-order chi connectivity index (χ0) is 15.1. The molecule has 1 unspecified atom stereocenters. The summed E-state index contributed by atoms with van der Waals surface area (Å²) in [6.45, 7) is 10.1. The highest BCUT2D eigenvalue weighted by Crippen LogP contribution is 2.16. The molecule has 1 heterocycles. The lowest BCUT2D eigenvalue weighted by Gasteiger charge is -2.19. The molecule has 0 amide bonds. The number of hydrogen-bond donors (Lipinski definition) is 1. The van der Waals surface area contributed by atoms with E-state index in [0.717, 1.165) is 11.4 Å². The van der Waals surface area contributed by atoms with Gasteiger partial charge >= 0.3 is 5.97 Å². The van der Waals surface area contributed by atoms with Crippen LogP contribution in [0.15, 0.2) is 11.2 Å². The van der Waals surface area contributed by atoms with E-state index < -0.39 is 0 Å². The molecule has 20 heavy (non-hydrogen) atoms. The van der Waals surface area contributed by atoms with Crippen LogP contribution in [0, 0.1) is 13.8 Å². The molecular formula is C14H23N3O2S. The molecular weight excluding hydrogens is 274 g/mol. The van der Waals surface area contributed by atoms with Crippen molar-refractivity contribution >= 4 is 17.7 Å². The smallest absolute Gasteiger partial charge is 0.324 e. The predicted octanol–water partition coefficient (Wildman–Crippen LogP) is 2.12. The quantitative estimate of drug-likeness (QED) is 0.472. The van der Waals surface area contributed by atoms with E-state index in [0.29, 0.717) is 17.5 Å². The predicted molar refractivity (Wildman–Crippen MR) is 80.9 cm³/mol. The van der Waals surface area contributed by atoms with E-state index in [1.165, 1.54) is 11.8 Å². The number of nitrogens with one attached hydrogen (secondary N) is 1. The van der Waals surface area contributed by atoms with Crippen LogP contribution >= 0.6 is 11.8 Å². The Bertz CT molecular complexity index is 432. The number of ether oxygens (including phenoxy) is 1. The molecule has 0 aliphatic rings. The van der Waals surface area contributed by atoms with Crippen molar-refractivity contribution in [2.45, 2.75) is 51.9 Å². The van der Waals surface area contributed by atoms with Gasteiger partial charge in [0, 0.05) is 23.2 Å². The van der Waals surface area contributed by atoms with Gasteiger partial charge in [0.2, 0.25) is 0 Å². The first kappa shape index (κ1) is 16.9. The van der Waals surface area contributed by atoms with Gasteiger partial charge in [-0.1, -0.05) is 25.6 Å². The Labute approximate surface area is 124 Å². The van der Waals surface area contributed by atoms with Gasteiger partial charge in [-0.2, -0.15) is 0 Å². The Hall–Kier alpha value is -1.14. The van der Waals surface area contributed by atoms with Crippen molar-refractivity contribution in [3.63, 3.8) is 0 Å². The highest BCUT2D eigenvalue weighted by molar-refractivity contribution is 7.99. The summed E-state index contributed by atoms with van der Waals surface area (Å²) in [5.74, 6) is 0.331. The van der Waals surface area contributed by atoms with Crippen molar-refractivity contribution in [1.29, 1.82) is 0 Å². The molecule has 0 saturated heterocycles. The van der Waals surface area contributed by atoms with E-state index in [1.807, 2.05) is 40.7 Å². The van der Waals surface area contributed by atoms with E-state index in [1.54, 1.807) is 0 Å². The summed E-state index contributed by atoms with van der Waals surface area (Å²) in [6.07, 6.45) is 0. The normalized spacial score (nSPS) is 12.5. The maximum absolute atomic E-state index is 11.9. The number of thioether (sulfide) groups is 1. The first-order valence-corrected chi connectivity index (χ1v) is 7.78. The summed E-state index contributed by atoms with van der Waals surface area (Å²) in [6, 6.07) is 1.80. The fourth-order valence-corrected chi connectivity index (χ4v) is 2.71. The second-order valence-corrected chi connectivity index (χ2v) is 5.86. The van der Waals surface area contributed by atoms with Gasteiger partial charge in [0.15, 0.2) is 5.16 Å². The number of aryl methyl sites for hydroxylation is 2. The summed E-state index contributed by atoms with van der Waals surface area (Å²) in [4.78, 5) is 20.6. The Morgan fingerprint density at radius 1 is 1.35 bits per heavy atom. The van der Waals surface area contributed by atoms with Crippen LogP contribution in [0.3, 0.4) is 0 Å². The lowest BCUT2D eigenvalue weighted by atomic mass is 10.3. The molecule has 0 bridgehead atoms. The van der Waals surface area contributed by atoms with Crippen LogP contribution in [-0.4, -0.2) is 40.4 Å². The largest absolute Gasteiger partial charge is 0.465 e. The Morgan fingerprint density at radius 3 is 2.45 bits per heavy atom. The highest BCUT2D eigenvalue weighted by Gasteiger charge is 2.21. The van der Waals surface area contributed by atoms with Crippen LogP contribution in [-0.2, 0) is 9.53 Å². The summed E-state index contributed by atoms with van der Waals surface area (Å²) in [7, 11) is 0. The third kappa shape index (κ3) is 5.88. The van der Waals surface area contributed by atoms with Gasteiger partial charge in [0.25, 0.3) is 0 Å². The van der Waals surface area contributed by atoms with Gasteiger partial charge in [-0.25, -0.2) is 9.97 Å². The zero-order valence-electron chi connectivity index (χ0n) is 12.8. The van der Waals surface area contributed by atoms with Crippen LogP contribution in [0.25, 0.3) is 0 Å². The van der Waals surface area contributed by atoms with E-state index in [4.69, 9.17) is 4.74 Å². The molecule has 1 rings (SSSR count). The van der Waals surface area contributed by atoms with Crippen LogP contribution in [0.1, 0.15) is 32.2 Å². The molecule has 1 aromatic heterocycles. The average molecular weight is 297 g/mol. The molecule has 0 radical (unpaired) electrons. The van der Waals surface area contributed by atoms with Crippen LogP contribution in [0.5, 0.6) is 0 Å². The van der Waals surface area contributed by atoms with Gasteiger partial charge < -0.3 is 10.1 Å². The molecule has 5 nitrogen and oxygen atoms in total. The maximum Gasteiger partial charge on any atom is 0.324 e. The number of rotatable bonds is 7. The SMILES string of the molecule is CCOC(=O)C(CSc1nc(C)cc(C)n1)NC(C)C. The Kier molecular flexibility index (Phi) is 6.95. The van der Waals surface area contributed by atoms with Crippen molar-refractivity contribution in [2.75, 3.05) is 12.4 Å². The number of carbonyl (C=O) groups excluding carboxylic acids is 1. The van der Waals surface area contributed by atoms with Crippen molar-refractivity contribution in [3.05, 3.63) is 17.5 Å². The number of esters is 1. The molecule has 0 aliphatic heterocycles. The first-order chi connectivity index (χ1) is 9.42. The van der Waals surface area contributed by atoms with E-state index >= 15 is 0 Å². The van der Waals surface area contributed by atoms with Crippen LogP contribution in [0.4, 0.5) is 0 Å². The molecule has 0 saturated carbocycles.